The number of benzene rings is 1. The van der Waals surface area contributed by atoms with Crippen molar-refractivity contribution in [2.45, 2.75) is 6.54 Å². The van der Waals surface area contributed by atoms with E-state index in [1.807, 2.05) is 0 Å². The van der Waals surface area contributed by atoms with Gasteiger partial charge in [-0.05, 0) is 76.7 Å². The number of rotatable bonds is 5. The first-order valence-electron chi connectivity index (χ1n) is 7.79. The minimum absolute atomic E-state index is 0.113. The molecule has 1 aromatic carbocycles. The highest BCUT2D eigenvalue weighted by molar-refractivity contribution is 9.10. The van der Waals surface area contributed by atoms with Gasteiger partial charge in [-0.2, -0.15) is 0 Å². The van der Waals surface area contributed by atoms with Crippen molar-refractivity contribution in [1.82, 2.24) is 10.6 Å². The van der Waals surface area contributed by atoms with Crippen molar-refractivity contribution in [3.05, 3.63) is 76.5 Å². The molecule has 7 nitrogen and oxygen atoms in total. The average Bonchev–Trinajstić information content (AvgIpc) is 3.31. The fraction of sp³-hybridized carbons (Fsp3) is 0.0556. The third-order valence-electron chi connectivity index (χ3n) is 3.43. The molecule has 9 heteroatoms. The summed E-state index contributed by atoms with van der Waals surface area (Å²) in [5, 5.41) is 8.25. The van der Waals surface area contributed by atoms with E-state index in [0.29, 0.717) is 28.2 Å². The predicted molar refractivity (Wildman–Crippen MR) is 106 cm³/mol. The monoisotopic (exact) mass is 447 g/mol. The Morgan fingerprint density at radius 1 is 1.04 bits per heavy atom. The lowest BCUT2D eigenvalue weighted by Gasteiger charge is -2.09. The van der Waals surface area contributed by atoms with E-state index in [0.717, 1.165) is 0 Å². The summed E-state index contributed by atoms with van der Waals surface area (Å²) in [5.41, 5.74) is 1.12. The molecule has 0 spiro atoms. The molecule has 3 rings (SSSR count). The minimum Gasteiger partial charge on any atom is -0.467 e. The van der Waals surface area contributed by atoms with Gasteiger partial charge in [0.25, 0.3) is 11.8 Å². The number of nitrogens with one attached hydrogen (secondary N) is 3. The molecule has 138 valence electrons. The molecule has 0 radical (unpaired) electrons. The van der Waals surface area contributed by atoms with E-state index in [-0.39, 0.29) is 16.8 Å². The number of hydrogen-bond acceptors (Lipinski definition) is 5. The summed E-state index contributed by atoms with van der Waals surface area (Å²) >= 11 is 8.23. The summed E-state index contributed by atoms with van der Waals surface area (Å²) < 4.78 is 10.8. The van der Waals surface area contributed by atoms with Crippen LogP contribution in [0, 0.1) is 0 Å². The number of carbonyl (C=O) groups is 2. The summed E-state index contributed by atoms with van der Waals surface area (Å²) in [6.45, 7) is 0.310. The van der Waals surface area contributed by atoms with Crippen LogP contribution in [0.4, 0.5) is 5.69 Å². The van der Waals surface area contributed by atoms with Crippen LogP contribution in [-0.2, 0) is 6.54 Å². The van der Waals surface area contributed by atoms with E-state index in [1.54, 1.807) is 48.7 Å². The highest BCUT2D eigenvalue weighted by Crippen LogP contribution is 2.14. The van der Waals surface area contributed by atoms with Gasteiger partial charge in [-0.25, -0.2) is 0 Å². The Morgan fingerprint density at radius 3 is 2.44 bits per heavy atom. The molecule has 0 saturated carbocycles. The second-order valence-corrected chi connectivity index (χ2v) is 6.54. The average molecular weight is 448 g/mol. The zero-order valence-corrected chi connectivity index (χ0v) is 16.2. The Labute approximate surface area is 168 Å². The Hall–Kier alpha value is -2.91. The first-order valence-corrected chi connectivity index (χ1v) is 9.00. The largest absolute Gasteiger partial charge is 0.467 e. The molecule has 2 aromatic heterocycles. The van der Waals surface area contributed by atoms with E-state index >= 15 is 0 Å². The number of anilines is 1. The molecule has 0 fully saturated rings. The van der Waals surface area contributed by atoms with Gasteiger partial charge in [0.15, 0.2) is 15.5 Å². The summed E-state index contributed by atoms with van der Waals surface area (Å²) in [6.07, 6.45) is 1.55. The number of thiocarbonyl (C=S) groups is 1. The lowest BCUT2D eigenvalue weighted by Crippen LogP contribution is -2.33. The van der Waals surface area contributed by atoms with Crippen LogP contribution < -0.4 is 16.0 Å². The maximum absolute atomic E-state index is 12.1. The van der Waals surface area contributed by atoms with E-state index in [9.17, 15) is 9.59 Å². The van der Waals surface area contributed by atoms with Gasteiger partial charge in [-0.3, -0.25) is 14.9 Å². The highest BCUT2D eigenvalue weighted by atomic mass is 79.9. The Morgan fingerprint density at radius 2 is 1.81 bits per heavy atom. The van der Waals surface area contributed by atoms with Crippen LogP contribution in [0.5, 0.6) is 0 Å². The van der Waals surface area contributed by atoms with Crippen molar-refractivity contribution in [1.29, 1.82) is 0 Å². The third kappa shape index (κ3) is 5.28. The maximum Gasteiger partial charge on any atom is 0.293 e. The standard InChI is InChI=1S/C18H14BrN3O4S/c19-15-8-7-14(26-15)17(24)22-18(27)21-12-5-3-11(4-6-12)16(23)20-10-13-2-1-9-25-13/h1-9H,10H2,(H,20,23)(H2,21,22,24,27). The second-order valence-electron chi connectivity index (χ2n) is 5.35. The second kappa shape index (κ2) is 8.65. The molecule has 0 aliphatic rings. The molecule has 2 heterocycles. The van der Waals surface area contributed by atoms with Crippen LogP contribution in [0.1, 0.15) is 26.7 Å². The quantitative estimate of drug-likeness (QED) is 0.516. The van der Waals surface area contributed by atoms with Crippen LogP contribution in [0.2, 0.25) is 0 Å². The molecule has 0 bridgehead atoms. The first kappa shape index (κ1) is 18.9. The molecule has 27 heavy (non-hydrogen) atoms. The molecule has 3 aromatic rings. The summed E-state index contributed by atoms with van der Waals surface area (Å²) in [7, 11) is 0. The van der Waals surface area contributed by atoms with Gasteiger partial charge < -0.3 is 19.5 Å². The summed E-state index contributed by atoms with van der Waals surface area (Å²) in [4.78, 5) is 24.1. The molecule has 0 saturated heterocycles. The van der Waals surface area contributed by atoms with E-state index in [1.165, 1.54) is 6.07 Å². The van der Waals surface area contributed by atoms with Crippen LogP contribution in [0.15, 0.2) is 68.3 Å². The van der Waals surface area contributed by atoms with Gasteiger partial charge in [0, 0.05) is 11.3 Å². The Balaban J connectivity index is 1.51. The SMILES string of the molecule is O=C(NCc1ccco1)c1ccc(NC(=S)NC(=O)c2ccc(Br)o2)cc1. The third-order valence-corrected chi connectivity index (χ3v) is 4.06. The van der Waals surface area contributed by atoms with Gasteiger partial charge in [-0.1, -0.05) is 0 Å². The summed E-state index contributed by atoms with van der Waals surface area (Å²) in [6, 6.07) is 13.3. The fourth-order valence-corrected chi connectivity index (χ4v) is 2.67. The molecule has 2 amide bonds. The number of hydrogen-bond donors (Lipinski definition) is 3. The van der Waals surface area contributed by atoms with E-state index < -0.39 is 5.91 Å². The van der Waals surface area contributed by atoms with Gasteiger partial charge >= 0.3 is 0 Å². The van der Waals surface area contributed by atoms with Crippen molar-refractivity contribution >= 4 is 50.8 Å². The molecular weight excluding hydrogens is 434 g/mol. The molecule has 3 N–H and O–H groups in total. The number of halogens is 1. The van der Waals surface area contributed by atoms with Crippen LogP contribution in [-0.4, -0.2) is 16.9 Å². The van der Waals surface area contributed by atoms with E-state index in [4.69, 9.17) is 21.1 Å². The number of amides is 2. The topological polar surface area (TPSA) is 96.5 Å². The molecule has 0 aliphatic heterocycles. The zero-order valence-electron chi connectivity index (χ0n) is 13.8. The fourth-order valence-electron chi connectivity index (χ4n) is 2.15. The smallest absolute Gasteiger partial charge is 0.293 e. The number of furan rings is 2. The van der Waals surface area contributed by atoms with Crippen molar-refractivity contribution in [2.75, 3.05) is 5.32 Å². The normalized spacial score (nSPS) is 10.3. The summed E-state index contributed by atoms with van der Waals surface area (Å²) in [5.74, 6) is 0.116. The molecule has 0 atom stereocenters. The first-order chi connectivity index (χ1) is 13.0. The maximum atomic E-state index is 12.1. The molecule has 0 unspecified atom stereocenters. The van der Waals surface area contributed by atoms with Crippen molar-refractivity contribution in [3.63, 3.8) is 0 Å². The Kier molecular flexibility index (Phi) is 6.05. The lowest BCUT2D eigenvalue weighted by molar-refractivity contribution is 0.0941. The van der Waals surface area contributed by atoms with Crippen molar-refractivity contribution in [2.24, 2.45) is 0 Å². The van der Waals surface area contributed by atoms with Crippen molar-refractivity contribution in [3.8, 4) is 0 Å². The highest BCUT2D eigenvalue weighted by Gasteiger charge is 2.12. The number of carbonyl (C=O) groups excluding carboxylic acids is 2. The van der Waals surface area contributed by atoms with E-state index in [2.05, 4.69) is 31.9 Å². The van der Waals surface area contributed by atoms with Crippen LogP contribution in [0.25, 0.3) is 0 Å². The minimum atomic E-state index is -0.466. The van der Waals surface area contributed by atoms with Gasteiger partial charge in [0.2, 0.25) is 0 Å². The van der Waals surface area contributed by atoms with Gasteiger partial charge in [0.05, 0.1) is 12.8 Å². The van der Waals surface area contributed by atoms with Gasteiger partial charge in [-0.15, -0.1) is 0 Å². The van der Waals surface area contributed by atoms with Crippen molar-refractivity contribution < 1.29 is 18.4 Å². The zero-order chi connectivity index (χ0) is 19.2. The predicted octanol–water partition coefficient (Wildman–Crippen LogP) is 3.69. The molecular formula is C18H14BrN3O4S. The van der Waals surface area contributed by atoms with Gasteiger partial charge in [0.1, 0.15) is 5.76 Å². The molecule has 0 aliphatic carbocycles. The van der Waals surface area contributed by atoms with Crippen LogP contribution >= 0.6 is 28.1 Å². The van der Waals surface area contributed by atoms with Crippen LogP contribution in [0.3, 0.4) is 0 Å². The Bertz CT molecular complexity index is 951. The lowest BCUT2D eigenvalue weighted by atomic mass is 10.2.